The predicted octanol–water partition coefficient (Wildman–Crippen LogP) is -0.334. The number of Topliss-reactive ketones (excluding diaryl/α,β-unsaturated/α-hetero) is 1. The third-order valence-electron chi connectivity index (χ3n) is 7.82. The molecule has 14 nitrogen and oxygen atoms in total. The van der Waals surface area contributed by atoms with Crippen LogP contribution in [0.15, 0.2) is 34.4 Å². The number of amides is 5. The van der Waals surface area contributed by atoms with Crippen molar-refractivity contribution in [3.8, 4) is 0 Å². The number of hydrogen-bond donors (Lipinski definition) is 5. The van der Waals surface area contributed by atoms with E-state index in [1.54, 1.807) is 11.4 Å². The highest BCUT2D eigenvalue weighted by Gasteiger charge is 2.57. The van der Waals surface area contributed by atoms with Gasteiger partial charge in [-0.05, 0) is 42.0 Å². The molecule has 1 saturated carbocycles. The van der Waals surface area contributed by atoms with Crippen molar-refractivity contribution in [2.75, 3.05) is 33.3 Å². The van der Waals surface area contributed by atoms with Crippen molar-refractivity contribution < 1.29 is 37.5 Å². The van der Waals surface area contributed by atoms with Crippen LogP contribution in [-0.4, -0.2) is 110 Å². The van der Waals surface area contributed by atoms with Gasteiger partial charge in [0.2, 0.25) is 17.6 Å². The van der Waals surface area contributed by atoms with Gasteiger partial charge >= 0.3 is 6.03 Å². The first kappa shape index (κ1) is 35.1. The Kier molecular flexibility index (Phi) is 11.3. The average Bonchev–Trinajstić information content (AvgIpc) is 3.33. The molecular formula is C28H42N6O8S2. The summed E-state index contributed by atoms with van der Waals surface area (Å²) in [6.07, 6.45) is 2.12. The van der Waals surface area contributed by atoms with E-state index in [-0.39, 0.29) is 35.7 Å². The van der Waals surface area contributed by atoms with Crippen LogP contribution in [0.25, 0.3) is 0 Å². The van der Waals surface area contributed by atoms with Crippen molar-refractivity contribution in [1.29, 1.82) is 0 Å². The van der Waals surface area contributed by atoms with E-state index < -0.39 is 75.7 Å². The number of aliphatic hydroxyl groups excluding tert-OH is 1. The zero-order valence-corrected chi connectivity index (χ0v) is 27.2. The molecule has 2 aliphatic rings. The van der Waals surface area contributed by atoms with E-state index >= 15 is 0 Å². The van der Waals surface area contributed by atoms with Crippen molar-refractivity contribution in [3.05, 3.63) is 30.2 Å². The van der Waals surface area contributed by atoms with Crippen molar-refractivity contribution >= 4 is 50.9 Å². The van der Waals surface area contributed by atoms with Crippen LogP contribution in [0.5, 0.6) is 0 Å². The Morgan fingerprint density at radius 1 is 1.20 bits per heavy atom. The molecule has 0 spiro atoms. The van der Waals surface area contributed by atoms with Gasteiger partial charge in [-0.2, -0.15) is 4.31 Å². The molecule has 44 heavy (non-hydrogen) atoms. The first-order chi connectivity index (χ1) is 20.5. The number of nitrogens with zero attached hydrogens (tertiary/aromatic N) is 2. The van der Waals surface area contributed by atoms with Gasteiger partial charge in [0, 0.05) is 32.7 Å². The number of carbonyl (C=O) groups is 5. The van der Waals surface area contributed by atoms with E-state index in [9.17, 15) is 37.5 Å². The van der Waals surface area contributed by atoms with Gasteiger partial charge < -0.3 is 31.3 Å². The van der Waals surface area contributed by atoms with Crippen LogP contribution >= 0.6 is 11.3 Å². The van der Waals surface area contributed by atoms with Gasteiger partial charge in [0.05, 0.1) is 12.6 Å². The lowest BCUT2D eigenvalue weighted by atomic mass is 9.87. The van der Waals surface area contributed by atoms with Gasteiger partial charge in [0.1, 0.15) is 16.3 Å². The fourth-order valence-electron chi connectivity index (χ4n) is 5.04. The first-order valence-corrected chi connectivity index (χ1v) is 16.6. The summed E-state index contributed by atoms with van der Waals surface area (Å²) in [5.41, 5.74) is -0.592. The molecule has 1 aliphatic carbocycles. The Bertz CT molecular complexity index is 1360. The molecule has 2 fully saturated rings. The number of piperidine rings is 1. The number of rotatable bonds is 14. The SMILES string of the molecule is C=CCNC(=O)C(=O)[C@H](C)NC(=O)[C@@H]1[C@H]2C[C@H]2CN1C(=O)[C@H](CO)NC(=O)N[C@H](CN(C)S(=O)(=O)c1cccs1)C(C)(C)C. The number of urea groups is 1. The Morgan fingerprint density at radius 3 is 2.45 bits per heavy atom. The number of sulfonamides is 1. The summed E-state index contributed by atoms with van der Waals surface area (Å²) in [6, 6.07) is -1.82. The van der Waals surface area contributed by atoms with E-state index in [4.69, 9.17) is 0 Å². The molecule has 16 heteroatoms. The fourth-order valence-corrected chi connectivity index (χ4v) is 7.43. The summed E-state index contributed by atoms with van der Waals surface area (Å²) in [7, 11) is -2.37. The number of likely N-dealkylation sites (N-methyl/N-ethyl adjacent to an activating group) is 1. The average molecular weight is 655 g/mol. The Labute approximate surface area is 261 Å². The van der Waals surface area contributed by atoms with Crippen molar-refractivity contribution in [2.24, 2.45) is 17.3 Å². The van der Waals surface area contributed by atoms with Gasteiger partial charge in [0.25, 0.3) is 15.9 Å². The molecule has 6 atom stereocenters. The second-order valence-corrected chi connectivity index (χ2v) is 15.4. The van der Waals surface area contributed by atoms with Crippen LogP contribution in [0.2, 0.25) is 0 Å². The number of carbonyl (C=O) groups excluding carboxylic acids is 5. The molecule has 1 aromatic rings. The number of fused-ring (bicyclic) bond motifs is 1. The minimum atomic E-state index is -3.78. The van der Waals surface area contributed by atoms with Crippen LogP contribution in [-0.2, 0) is 29.2 Å². The molecule has 1 aromatic heterocycles. The van der Waals surface area contributed by atoms with Crippen LogP contribution < -0.4 is 21.3 Å². The number of ketones is 1. The van der Waals surface area contributed by atoms with Crippen molar-refractivity contribution in [2.45, 2.75) is 62.5 Å². The molecule has 2 heterocycles. The molecule has 1 saturated heterocycles. The molecule has 3 rings (SSSR count). The standard InChI is InChI=1S/C28H42N6O8S2/c1-7-10-29-25(38)23(36)16(2)30-24(37)22-18-12-17(18)13-34(22)26(39)19(15-35)31-27(40)32-20(28(3,4)5)14-33(6)44(41,42)21-9-8-11-43-21/h7-9,11,16-20,22,35H,1,10,12-15H2,2-6H3,(H,29,38)(H,30,37)(H2,31,32,40)/t16-,17-,18-,19-,20+,22-/m0/s1. The number of aliphatic hydroxyl groups is 1. The summed E-state index contributed by atoms with van der Waals surface area (Å²) >= 11 is 1.08. The highest BCUT2D eigenvalue weighted by atomic mass is 32.2. The minimum absolute atomic E-state index is 0.0604. The predicted molar refractivity (Wildman–Crippen MR) is 163 cm³/mol. The lowest BCUT2D eigenvalue weighted by molar-refractivity contribution is -0.143. The molecule has 0 radical (unpaired) electrons. The molecule has 0 bridgehead atoms. The summed E-state index contributed by atoms with van der Waals surface area (Å²) in [6.45, 7) is 9.82. The van der Waals surface area contributed by atoms with Gasteiger partial charge in [-0.1, -0.05) is 32.9 Å². The monoisotopic (exact) mass is 654 g/mol. The summed E-state index contributed by atoms with van der Waals surface area (Å²) in [5.74, 6) is -3.09. The number of nitrogens with one attached hydrogen (secondary N) is 4. The quantitative estimate of drug-likeness (QED) is 0.133. The van der Waals surface area contributed by atoms with Crippen LogP contribution in [0, 0.1) is 17.3 Å². The maximum absolute atomic E-state index is 13.5. The molecule has 1 aliphatic heterocycles. The first-order valence-electron chi connectivity index (χ1n) is 14.2. The summed E-state index contributed by atoms with van der Waals surface area (Å²) in [4.78, 5) is 65.4. The van der Waals surface area contributed by atoms with Gasteiger partial charge in [-0.3, -0.25) is 19.2 Å². The third kappa shape index (κ3) is 8.22. The van der Waals surface area contributed by atoms with Gasteiger partial charge in [0.15, 0.2) is 0 Å². The fraction of sp³-hybridized carbons (Fsp3) is 0.607. The largest absolute Gasteiger partial charge is 0.394 e. The topological polar surface area (TPSA) is 194 Å². The van der Waals surface area contributed by atoms with E-state index in [2.05, 4.69) is 27.8 Å². The Hall–Kier alpha value is -3.34. The lowest BCUT2D eigenvalue weighted by Gasteiger charge is -2.35. The van der Waals surface area contributed by atoms with Crippen LogP contribution in [0.3, 0.4) is 0 Å². The van der Waals surface area contributed by atoms with E-state index in [0.717, 1.165) is 15.6 Å². The molecule has 244 valence electrons. The summed E-state index contributed by atoms with van der Waals surface area (Å²) in [5, 5.41) is 21.8. The zero-order valence-electron chi connectivity index (χ0n) is 25.5. The smallest absolute Gasteiger partial charge is 0.315 e. The zero-order chi connectivity index (χ0) is 33.0. The van der Waals surface area contributed by atoms with Crippen molar-refractivity contribution in [1.82, 2.24) is 30.5 Å². The second-order valence-electron chi connectivity index (χ2n) is 12.2. The van der Waals surface area contributed by atoms with E-state index in [1.165, 1.54) is 31.0 Å². The highest BCUT2D eigenvalue weighted by Crippen LogP contribution is 2.49. The molecule has 0 aromatic carbocycles. The number of likely N-dealkylation sites (tertiary alicyclic amines) is 1. The Morgan fingerprint density at radius 2 is 1.89 bits per heavy atom. The van der Waals surface area contributed by atoms with E-state index in [0.29, 0.717) is 6.42 Å². The molecule has 0 unspecified atom stereocenters. The molecule has 5 N–H and O–H groups in total. The van der Waals surface area contributed by atoms with Gasteiger partial charge in [-0.25, -0.2) is 13.2 Å². The maximum atomic E-state index is 13.5. The number of thiophene rings is 1. The molecular weight excluding hydrogens is 612 g/mol. The van der Waals surface area contributed by atoms with Crippen LogP contribution in [0.1, 0.15) is 34.1 Å². The highest BCUT2D eigenvalue weighted by molar-refractivity contribution is 7.91. The third-order valence-corrected chi connectivity index (χ3v) is 11.0. The minimum Gasteiger partial charge on any atom is -0.394 e. The lowest BCUT2D eigenvalue weighted by Crippen LogP contribution is -2.60. The van der Waals surface area contributed by atoms with Gasteiger partial charge in [-0.15, -0.1) is 17.9 Å². The Balaban J connectivity index is 1.65. The molecule has 5 amide bonds. The maximum Gasteiger partial charge on any atom is 0.315 e. The van der Waals surface area contributed by atoms with E-state index in [1.807, 2.05) is 20.8 Å². The normalized spacial score (nSPS) is 21.4. The number of hydrogen-bond acceptors (Lipinski definition) is 9. The van der Waals surface area contributed by atoms with Crippen molar-refractivity contribution in [3.63, 3.8) is 0 Å². The van der Waals surface area contributed by atoms with Crippen LogP contribution in [0.4, 0.5) is 4.79 Å². The second kappa shape index (κ2) is 14.2. The summed E-state index contributed by atoms with van der Waals surface area (Å²) < 4.78 is 27.2.